The predicted octanol–water partition coefficient (Wildman–Crippen LogP) is -0.0967. The number of para-hydroxylation sites is 1. The molecule has 1 fully saturated rings. The molecule has 1 saturated heterocycles. The molecular formula is C19H25N5O2S+2. The summed E-state index contributed by atoms with van der Waals surface area (Å²) in [5, 5.41) is 7.88. The standard InChI is InChI=1S/C19H23N5O2S/c1-13-11-17(22-26-13)21-19(25)14(2)24-9-7-23(8-10-24)12-18-20-15-5-3-4-6-16(15)27-18/h3-6,11,14H,7-10,12H2,1-2H3,(H,21,22,25)/p+2/t14-/m0/s1. The van der Waals surface area contributed by atoms with Gasteiger partial charge in [0.15, 0.2) is 11.9 Å². The number of piperazine rings is 1. The van der Waals surface area contributed by atoms with Crippen molar-refractivity contribution in [3.05, 3.63) is 41.1 Å². The number of nitrogens with one attached hydrogen (secondary N) is 3. The molecule has 0 spiro atoms. The van der Waals surface area contributed by atoms with Crippen molar-refractivity contribution in [2.75, 3.05) is 31.5 Å². The number of carbonyl (C=O) groups is 1. The van der Waals surface area contributed by atoms with E-state index < -0.39 is 0 Å². The van der Waals surface area contributed by atoms with Crippen LogP contribution in [0.3, 0.4) is 0 Å². The molecule has 3 N–H and O–H groups in total. The SMILES string of the molecule is Cc1cc(NC(=O)[C@H](C)[NH+]2CC[NH+](Cc3nc4ccccc4s3)CC2)no1. The van der Waals surface area contributed by atoms with Gasteiger partial charge in [-0.25, -0.2) is 4.98 Å². The molecule has 1 amide bonds. The Morgan fingerprint density at radius 3 is 2.78 bits per heavy atom. The molecule has 1 aliphatic rings. The van der Waals surface area contributed by atoms with E-state index in [4.69, 9.17) is 9.51 Å². The molecule has 3 heterocycles. The van der Waals surface area contributed by atoms with Gasteiger partial charge >= 0.3 is 0 Å². The smallest absolute Gasteiger partial charge is 0.283 e. The van der Waals surface area contributed by atoms with Crippen LogP contribution in [0, 0.1) is 6.92 Å². The highest BCUT2D eigenvalue weighted by Crippen LogP contribution is 2.20. The van der Waals surface area contributed by atoms with E-state index in [1.54, 1.807) is 17.4 Å². The van der Waals surface area contributed by atoms with Crippen LogP contribution in [0.4, 0.5) is 5.82 Å². The van der Waals surface area contributed by atoms with Crippen LogP contribution in [-0.4, -0.2) is 48.3 Å². The highest BCUT2D eigenvalue weighted by molar-refractivity contribution is 7.18. The molecule has 142 valence electrons. The largest absolute Gasteiger partial charge is 0.360 e. The lowest BCUT2D eigenvalue weighted by Crippen LogP contribution is -3.29. The molecule has 0 bridgehead atoms. The summed E-state index contributed by atoms with van der Waals surface area (Å²) < 4.78 is 6.26. The van der Waals surface area contributed by atoms with Crippen LogP contribution in [0.15, 0.2) is 34.9 Å². The molecule has 0 aliphatic carbocycles. The van der Waals surface area contributed by atoms with Crippen LogP contribution >= 0.6 is 11.3 Å². The number of benzene rings is 1. The van der Waals surface area contributed by atoms with Crippen LogP contribution in [-0.2, 0) is 11.3 Å². The van der Waals surface area contributed by atoms with Crippen molar-refractivity contribution in [1.29, 1.82) is 0 Å². The number of rotatable bonds is 5. The Morgan fingerprint density at radius 1 is 1.30 bits per heavy atom. The number of amides is 1. The molecule has 1 aliphatic heterocycles. The van der Waals surface area contributed by atoms with Gasteiger partial charge in [0.2, 0.25) is 0 Å². The maximum absolute atomic E-state index is 12.5. The lowest BCUT2D eigenvalue weighted by Gasteiger charge is -2.32. The Labute approximate surface area is 162 Å². The first-order valence-electron chi connectivity index (χ1n) is 9.35. The number of aromatic nitrogens is 2. The molecular weight excluding hydrogens is 362 g/mol. The van der Waals surface area contributed by atoms with Crippen LogP contribution in [0.1, 0.15) is 17.7 Å². The van der Waals surface area contributed by atoms with Crippen molar-refractivity contribution in [1.82, 2.24) is 10.1 Å². The first-order chi connectivity index (χ1) is 13.1. The summed E-state index contributed by atoms with van der Waals surface area (Å²) in [7, 11) is 0. The van der Waals surface area contributed by atoms with E-state index in [0.29, 0.717) is 11.6 Å². The van der Waals surface area contributed by atoms with Crippen LogP contribution < -0.4 is 15.1 Å². The Bertz CT molecular complexity index is 896. The van der Waals surface area contributed by atoms with Crippen LogP contribution in [0.5, 0.6) is 0 Å². The molecule has 0 saturated carbocycles. The van der Waals surface area contributed by atoms with E-state index in [0.717, 1.165) is 38.2 Å². The minimum atomic E-state index is -0.106. The molecule has 1 aromatic carbocycles. The predicted molar refractivity (Wildman–Crippen MR) is 104 cm³/mol. The minimum absolute atomic E-state index is 0.00655. The van der Waals surface area contributed by atoms with Gasteiger partial charge in [-0.15, -0.1) is 11.3 Å². The fraction of sp³-hybridized carbons (Fsp3) is 0.421. The number of carbonyl (C=O) groups excluding carboxylic acids is 1. The summed E-state index contributed by atoms with van der Waals surface area (Å²) >= 11 is 1.79. The summed E-state index contributed by atoms with van der Waals surface area (Å²) in [6.45, 7) is 8.81. The van der Waals surface area contributed by atoms with Crippen molar-refractivity contribution in [3.63, 3.8) is 0 Å². The van der Waals surface area contributed by atoms with Crippen molar-refractivity contribution in [3.8, 4) is 0 Å². The van der Waals surface area contributed by atoms with Gasteiger partial charge in [-0.3, -0.25) is 4.79 Å². The van der Waals surface area contributed by atoms with Gasteiger partial charge < -0.3 is 19.6 Å². The lowest BCUT2D eigenvalue weighted by molar-refractivity contribution is -1.02. The molecule has 0 radical (unpaired) electrons. The summed E-state index contributed by atoms with van der Waals surface area (Å²) in [6, 6.07) is 9.93. The normalized spacial score (nSPS) is 21.3. The van der Waals surface area contributed by atoms with E-state index >= 15 is 0 Å². The lowest BCUT2D eigenvalue weighted by atomic mass is 10.2. The van der Waals surface area contributed by atoms with Crippen molar-refractivity contribution in [2.24, 2.45) is 0 Å². The zero-order chi connectivity index (χ0) is 18.8. The Hall–Kier alpha value is -2.29. The number of fused-ring (bicyclic) bond motifs is 1. The molecule has 4 rings (SSSR count). The Kier molecular flexibility index (Phi) is 5.20. The van der Waals surface area contributed by atoms with Gasteiger partial charge in [-0.1, -0.05) is 17.3 Å². The average Bonchev–Trinajstić information content (AvgIpc) is 3.26. The zero-order valence-electron chi connectivity index (χ0n) is 15.6. The average molecular weight is 388 g/mol. The second-order valence-electron chi connectivity index (χ2n) is 7.19. The number of hydrogen-bond acceptors (Lipinski definition) is 5. The molecule has 27 heavy (non-hydrogen) atoms. The second-order valence-corrected chi connectivity index (χ2v) is 8.31. The van der Waals surface area contributed by atoms with Gasteiger partial charge in [-0.2, -0.15) is 0 Å². The number of nitrogens with zero attached hydrogens (tertiary/aromatic N) is 2. The summed E-state index contributed by atoms with van der Waals surface area (Å²) in [4.78, 5) is 20.1. The van der Waals surface area contributed by atoms with Gasteiger partial charge in [0.05, 0.1) is 10.2 Å². The fourth-order valence-corrected chi connectivity index (χ4v) is 4.63. The number of hydrogen-bond donors (Lipinski definition) is 3. The summed E-state index contributed by atoms with van der Waals surface area (Å²) in [6.07, 6.45) is 0. The van der Waals surface area contributed by atoms with Gasteiger partial charge in [0, 0.05) is 6.07 Å². The number of thiazole rings is 1. The monoisotopic (exact) mass is 387 g/mol. The van der Waals surface area contributed by atoms with E-state index in [1.807, 2.05) is 19.9 Å². The minimum Gasteiger partial charge on any atom is -0.360 e. The van der Waals surface area contributed by atoms with Crippen LogP contribution in [0.25, 0.3) is 10.2 Å². The zero-order valence-corrected chi connectivity index (χ0v) is 16.4. The second kappa shape index (κ2) is 7.75. The van der Waals surface area contributed by atoms with E-state index in [1.165, 1.54) is 19.5 Å². The third kappa shape index (κ3) is 4.18. The van der Waals surface area contributed by atoms with E-state index in [-0.39, 0.29) is 11.9 Å². The van der Waals surface area contributed by atoms with Gasteiger partial charge in [0.25, 0.3) is 5.91 Å². The molecule has 3 aromatic rings. The molecule has 0 unspecified atom stereocenters. The summed E-state index contributed by atoms with van der Waals surface area (Å²) in [5.74, 6) is 1.18. The molecule has 7 nitrogen and oxygen atoms in total. The van der Waals surface area contributed by atoms with Crippen molar-refractivity contribution >= 4 is 33.3 Å². The third-order valence-electron chi connectivity index (χ3n) is 5.22. The van der Waals surface area contributed by atoms with Crippen molar-refractivity contribution in [2.45, 2.75) is 26.4 Å². The topological polar surface area (TPSA) is 76.9 Å². The molecule has 1 atom stereocenters. The first kappa shape index (κ1) is 18.1. The maximum Gasteiger partial charge on any atom is 0.283 e. The summed E-state index contributed by atoms with van der Waals surface area (Å²) in [5.41, 5.74) is 1.09. The highest BCUT2D eigenvalue weighted by Gasteiger charge is 2.31. The quantitative estimate of drug-likeness (QED) is 0.572. The number of aryl methyl sites for hydroxylation is 1. The Morgan fingerprint density at radius 2 is 2.07 bits per heavy atom. The first-order valence-corrected chi connectivity index (χ1v) is 10.2. The molecule has 2 aromatic heterocycles. The van der Waals surface area contributed by atoms with Crippen molar-refractivity contribution < 1.29 is 19.1 Å². The van der Waals surface area contributed by atoms with Crippen LogP contribution in [0.2, 0.25) is 0 Å². The van der Waals surface area contributed by atoms with Gasteiger partial charge in [-0.05, 0) is 26.0 Å². The van der Waals surface area contributed by atoms with E-state index in [2.05, 4.69) is 28.7 Å². The highest BCUT2D eigenvalue weighted by atomic mass is 32.1. The fourth-order valence-electron chi connectivity index (χ4n) is 3.59. The number of anilines is 1. The molecule has 8 heteroatoms. The maximum atomic E-state index is 12.5. The van der Waals surface area contributed by atoms with E-state index in [9.17, 15) is 4.79 Å². The third-order valence-corrected chi connectivity index (χ3v) is 6.26. The van der Waals surface area contributed by atoms with Gasteiger partial charge in [0.1, 0.15) is 43.5 Å². The number of quaternary nitrogens is 2. The Balaban J connectivity index is 1.29.